The Kier molecular flexibility index (Phi) is 4.23. The highest BCUT2D eigenvalue weighted by Gasteiger charge is 2.44. The lowest BCUT2D eigenvalue weighted by Gasteiger charge is -2.16. The molecule has 0 atom stereocenters. The van der Waals surface area contributed by atoms with Gasteiger partial charge >= 0.3 is 12.1 Å². The normalized spacial score (nSPS) is 11.0. The van der Waals surface area contributed by atoms with Crippen LogP contribution in [0.5, 0.6) is 5.75 Å². The first kappa shape index (κ1) is 12.9. The number of carbonyl (C=O) groups is 1. The monoisotopic (exact) mass is 294 g/mol. The molecule has 0 N–H and O–H groups in total. The standard InChI is InChI=1S/C10H9BrF2O3/c1-2-15-9(14)10(12,13)16-8-6-4-3-5-7(8)11/h3-6H,2H2,1H3. The molecule has 3 nitrogen and oxygen atoms in total. The number of esters is 1. The maximum atomic E-state index is 13.2. The summed E-state index contributed by atoms with van der Waals surface area (Å²) in [6.07, 6.45) is -3.99. The van der Waals surface area contributed by atoms with Crippen molar-refractivity contribution in [1.82, 2.24) is 0 Å². The first-order valence-electron chi connectivity index (χ1n) is 4.46. The predicted octanol–water partition coefficient (Wildman–Crippen LogP) is 2.98. The summed E-state index contributed by atoms with van der Waals surface area (Å²) in [4.78, 5) is 10.9. The van der Waals surface area contributed by atoms with Gasteiger partial charge in [-0.2, -0.15) is 8.78 Å². The summed E-state index contributed by atoms with van der Waals surface area (Å²) in [6.45, 7) is 1.31. The van der Waals surface area contributed by atoms with E-state index in [0.717, 1.165) is 0 Å². The van der Waals surface area contributed by atoms with Gasteiger partial charge in [-0.3, -0.25) is 0 Å². The summed E-state index contributed by atoms with van der Waals surface area (Å²) in [7, 11) is 0. The minimum atomic E-state index is -3.99. The fourth-order valence-corrected chi connectivity index (χ4v) is 1.29. The number of para-hydroxylation sites is 1. The van der Waals surface area contributed by atoms with Crippen LogP contribution in [0.1, 0.15) is 6.92 Å². The predicted molar refractivity (Wildman–Crippen MR) is 56.4 cm³/mol. The molecule has 0 unspecified atom stereocenters. The van der Waals surface area contributed by atoms with Gasteiger partial charge in [0.25, 0.3) is 0 Å². The Bertz CT molecular complexity index is 382. The fraction of sp³-hybridized carbons (Fsp3) is 0.300. The SMILES string of the molecule is CCOC(=O)C(F)(F)Oc1ccccc1Br. The Balaban J connectivity index is 2.80. The molecule has 16 heavy (non-hydrogen) atoms. The van der Waals surface area contributed by atoms with Crippen molar-refractivity contribution in [2.24, 2.45) is 0 Å². The van der Waals surface area contributed by atoms with E-state index >= 15 is 0 Å². The summed E-state index contributed by atoms with van der Waals surface area (Å²) in [6, 6.07) is 5.99. The van der Waals surface area contributed by atoms with Gasteiger partial charge in [0, 0.05) is 0 Å². The zero-order valence-corrected chi connectivity index (χ0v) is 9.96. The van der Waals surface area contributed by atoms with Crippen molar-refractivity contribution in [2.75, 3.05) is 6.61 Å². The van der Waals surface area contributed by atoms with Gasteiger partial charge in [0.05, 0.1) is 11.1 Å². The third-order valence-electron chi connectivity index (χ3n) is 1.59. The quantitative estimate of drug-likeness (QED) is 0.801. The lowest BCUT2D eigenvalue weighted by atomic mass is 10.3. The zero-order valence-electron chi connectivity index (χ0n) is 8.38. The molecular formula is C10H9BrF2O3. The zero-order chi connectivity index (χ0) is 12.2. The molecule has 0 spiro atoms. The molecule has 0 aromatic heterocycles. The molecule has 88 valence electrons. The van der Waals surface area contributed by atoms with E-state index in [1.165, 1.54) is 25.1 Å². The average molecular weight is 295 g/mol. The molecule has 6 heteroatoms. The molecule has 0 saturated carbocycles. The molecule has 0 bridgehead atoms. The lowest BCUT2D eigenvalue weighted by Crippen LogP contribution is -2.36. The van der Waals surface area contributed by atoms with E-state index in [-0.39, 0.29) is 12.4 Å². The van der Waals surface area contributed by atoms with Crippen LogP contribution in [0.4, 0.5) is 8.78 Å². The maximum Gasteiger partial charge on any atom is 0.502 e. The number of hydrogen-bond acceptors (Lipinski definition) is 3. The minimum absolute atomic E-state index is 0.124. The summed E-state index contributed by atoms with van der Waals surface area (Å²) < 4.78 is 35.1. The number of alkyl halides is 2. The fourth-order valence-electron chi connectivity index (χ4n) is 0.922. The molecule has 0 aliphatic heterocycles. The van der Waals surface area contributed by atoms with Gasteiger partial charge in [0.2, 0.25) is 0 Å². The summed E-state index contributed by atoms with van der Waals surface area (Å²) >= 11 is 3.03. The lowest BCUT2D eigenvalue weighted by molar-refractivity contribution is -0.216. The van der Waals surface area contributed by atoms with Crippen molar-refractivity contribution in [2.45, 2.75) is 13.0 Å². The van der Waals surface area contributed by atoms with Gasteiger partial charge in [0.15, 0.2) is 0 Å². The van der Waals surface area contributed by atoms with E-state index in [0.29, 0.717) is 4.47 Å². The Morgan fingerprint density at radius 1 is 1.44 bits per heavy atom. The topological polar surface area (TPSA) is 35.5 Å². The van der Waals surface area contributed by atoms with Crippen molar-refractivity contribution in [3.05, 3.63) is 28.7 Å². The second-order valence-electron chi connectivity index (χ2n) is 2.77. The molecule has 1 aromatic rings. The average Bonchev–Trinajstić information content (AvgIpc) is 2.21. The highest BCUT2D eigenvalue weighted by Crippen LogP contribution is 2.29. The first-order valence-corrected chi connectivity index (χ1v) is 5.25. The third kappa shape index (κ3) is 3.16. The smallest absolute Gasteiger partial charge is 0.459 e. The largest absolute Gasteiger partial charge is 0.502 e. The van der Waals surface area contributed by atoms with Crippen LogP contribution in [0.25, 0.3) is 0 Å². The molecule has 0 fully saturated rings. The minimum Gasteiger partial charge on any atom is -0.459 e. The van der Waals surface area contributed by atoms with Crippen LogP contribution in [0.2, 0.25) is 0 Å². The molecule has 0 radical (unpaired) electrons. The van der Waals surface area contributed by atoms with Crippen LogP contribution in [-0.2, 0) is 9.53 Å². The van der Waals surface area contributed by atoms with E-state index in [2.05, 4.69) is 25.4 Å². The van der Waals surface area contributed by atoms with E-state index < -0.39 is 12.1 Å². The van der Waals surface area contributed by atoms with Gasteiger partial charge in [-0.1, -0.05) is 12.1 Å². The molecule has 0 saturated heterocycles. The van der Waals surface area contributed by atoms with E-state index in [9.17, 15) is 13.6 Å². The maximum absolute atomic E-state index is 13.2. The molecule has 1 rings (SSSR count). The van der Waals surface area contributed by atoms with Crippen LogP contribution in [0.3, 0.4) is 0 Å². The molecule has 0 amide bonds. The van der Waals surface area contributed by atoms with E-state index in [1.54, 1.807) is 6.07 Å². The van der Waals surface area contributed by atoms with Gasteiger partial charge < -0.3 is 9.47 Å². The van der Waals surface area contributed by atoms with Crippen molar-refractivity contribution < 1.29 is 23.0 Å². The molecule has 0 aliphatic carbocycles. The number of rotatable bonds is 4. The Morgan fingerprint density at radius 2 is 2.06 bits per heavy atom. The van der Waals surface area contributed by atoms with Gasteiger partial charge in [-0.15, -0.1) is 0 Å². The van der Waals surface area contributed by atoms with Gasteiger partial charge in [0.1, 0.15) is 5.75 Å². The summed E-state index contributed by atoms with van der Waals surface area (Å²) in [5.41, 5.74) is 0. The Hall–Kier alpha value is -1.17. The van der Waals surface area contributed by atoms with Crippen LogP contribution in [0, 0.1) is 0 Å². The van der Waals surface area contributed by atoms with Crippen LogP contribution in [-0.4, -0.2) is 18.7 Å². The highest BCUT2D eigenvalue weighted by molar-refractivity contribution is 9.10. The van der Waals surface area contributed by atoms with Crippen molar-refractivity contribution in [3.63, 3.8) is 0 Å². The first-order chi connectivity index (χ1) is 7.47. The number of halogens is 3. The summed E-state index contributed by atoms with van der Waals surface area (Å²) in [5.74, 6) is -1.83. The van der Waals surface area contributed by atoms with E-state index in [4.69, 9.17) is 0 Å². The number of carbonyl (C=O) groups excluding carboxylic acids is 1. The van der Waals surface area contributed by atoms with Crippen LogP contribution < -0.4 is 4.74 Å². The van der Waals surface area contributed by atoms with Crippen molar-refractivity contribution >= 4 is 21.9 Å². The van der Waals surface area contributed by atoms with Crippen LogP contribution in [0.15, 0.2) is 28.7 Å². The Morgan fingerprint density at radius 3 is 2.62 bits per heavy atom. The third-order valence-corrected chi connectivity index (χ3v) is 2.24. The number of hydrogen-bond donors (Lipinski definition) is 0. The van der Waals surface area contributed by atoms with Crippen LogP contribution >= 0.6 is 15.9 Å². The molecule has 0 aliphatic rings. The highest BCUT2D eigenvalue weighted by atomic mass is 79.9. The van der Waals surface area contributed by atoms with E-state index in [1.807, 2.05) is 0 Å². The second-order valence-corrected chi connectivity index (χ2v) is 3.62. The number of ether oxygens (including phenoxy) is 2. The van der Waals surface area contributed by atoms with Gasteiger partial charge in [-0.25, -0.2) is 4.79 Å². The molecule has 0 heterocycles. The van der Waals surface area contributed by atoms with Crippen molar-refractivity contribution in [1.29, 1.82) is 0 Å². The summed E-state index contributed by atoms with van der Waals surface area (Å²) in [5, 5.41) is 0. The van der Waals surface area contributed by atoms with Gasteiger partial charge in [-0.05, 0) is 35.0 Å². The second kappa shape index (κ2) is 5.25. The molecular weight excluding hydrogens is 286 g/mol. The van der Waals surface area contributed by atoms with Crippen molar-refractivity contribution in [3.8, 4) is 5.75 Å². The molecule has 1 aromatic carbocycles. The Labute approximate surface area is 99.5 Å². The number of benzene rings is 1.